The highest BCUT2D eigenvalue weighted by Crippen LogP contribution is 2.30. The number of esters is 1. The predicted molar refractivity (Wildman–Crippen MR) is 111 cm³/mol. The first-order valence-corrected chi connectivity index (χ1v) is 12.2. The van der Waals surface area contributed by atoms with E-state index in [1.165, 1.54) is 7.11 Å². The van der Waals surface area contributed by atoms with Crippen molar-refractivity contribution < 1.29 is 32.3 Å². The molecule has 0 aromatic carbocycles. The molecule has 3 heterocycles. The number of hydrogen-bond donors (Lipinski definition) is 0. The number of sulfonamides is 1. The van der Waals surface area contributed by atoms with Gasteiger partial charge in [0.15, 0.2) is 0 Å². The Labute approximate surface area is 183 Å². The number of carbonyl (C=O) groups excluding carboxylic acids is 3. The van der Waals surface area contributed by atoms with Crippen LogP contribution in [0.15, 0.2) is 0 Å². The Hall–Kier alpha value is -2.08. The largest absolute Gasteiger partial charge is 0.468 e. The first-order chi connectivity index (χ1) is 14.3. The molecule has 11 nitrogen and oxygen atoms in total. The van der Waals surface area contributed by atoms with Gasteiger partial charge in [-0.2, -0.15) is 4.31 Å². The molecule has 3 amide bonds. The highest BCUT2D eigenvalue weighted by molar-refractivity contribution is 7.88. The fraction of sp³-hybridized carbons (Fsp3) is 0.842. The summed E-state index contributed by atoms with van der Waals surface area (Å²) in [6, 6.07) is -1.13. The number of methoxy groups -OCH3 is 1. The van der Waals surface area contributed by atoms with Crippen molar-refractivity contribution in [3.05, 3.63) is 0 Å². The zero-order chi connectivity index (χ0) is 23.1. The van der Waals surface area contributed by atoms with E-state index in [4.69, 9.17) is 9.47 Å². The number of rotatable bonds is 4. The van der Waals surface area contributed by atoms with Crippen molar-refractivity contribution in [2.45, 2.75) is 44.9 Å². The fourth-order valence-electron chi connectivity index (χ4n) is 4.47. The van der Waals surface area contributed by atoms with Gasteiger partial charge in [0, 0.05) is 39.3 Å². The van der Waals surface area contributed by atoms with E-state index in [1.807, 2.05) is 20.8 Å². The first-order valence-electron chi connectivity index (χ1n) is 10.4. The summed E-state index contributed by atoms with van der Waals surface area (Å²) in [6.07, 6.45) is 0.981. The van der Waals surface area contributed by atoms with Crippen LogP contribution < -0.4 is 0 Å². The minimum Gasteiger partial charge on any atom is -0.468 e. The Morgan fingerprint density at radius 1 is 1.13 bits per heavy atom. The normalized spacial score (nSPS) is 27.5. The third-order valence-electron chi connectivity index (χ3n) is 5.80. The van der Waals surface area contributed by atoms with Crippen molar-refractivity contribution in [2.24, 2.45) is 5.92 Å². The quantitative estimate of drug-likeness (QED) is 0.549. The lowest BCUT2D eigenvalue weighted by Gasteiger charge is -2.37. The summed E-state index contributed by atoms with van der Waals surface area (Å²) in [7, 11) is -2.35. The second-order valence-corrected chi connectivity index (χ2v) is 11.4. The van der Waals surface area contributed by atoms with E-state index in [1.54, 1.807) is 14.7 Å². The van der Waals surface area contributed by atoms with E-state index in [0.717, 1.165) is 10.6 Å². The molecule has 3 saturated heterocycles. The van der Waals surface area contributed by atoms with Crippen LogP contribution in [-0.4, -0.2) is 116 Å². The molecule has 12 heteroatoms. The maximum atomic E-state index is 12.9. The molecular weight excluding hydrogens is 428 g/mol. The van der Waals surface area contributed by atoms with Gasteiger partial charge in [-0.15, -0.1) is 0 Å². The third-order valence-corrected chi connectivity index (χ3v) is 7.06. The Bertz CT molecular complexity index is 841. The standard InChI is InChI=1S/C19H32N4O7S/c1-19(2,3)30-18(26)20-6-7-22-14(11-20)12-21(17(22)25)9-13-8-15(16(24)29-4)23(10-13)31(5,27)28/h13-15H,6-12H2,1-5H3/t13-,14+,15-/m1/s1. The summed E-state index contributed by atoms with van der Waals surface area (Å²) >= 11 is 0. The van der Waals surface area contributed by atoms with Crippen LogP contribution in [0.25, 0.3) is 0 Å². The van der Waals surface area contributed by atoms with Crippen LogP contribution in [-0.2, 0) is 24.3 Å². The molecule has 0 aliphatic carbocycles. The van der Waals surface area contributed by atoms with Crippen molar-refractivity contribution in [2.75, 3.05) is 52.6 Å². The smallest absolute Gasteiger partial charge is 0.410 e. The van der Waals surface area contributed by atoms with Gasteiger partial charge >= 0.3 is 18.1 Å². The molecule has 0 aromatic rings. The summed E-state index contributed by atoms with van der Waals surface area (Å²) in [6.45, 7) is 7.60. The van der Waals surface area contributed by atoms with Crippen molar-refractivity contribution in [3.8, 4) is 0 Å². The molecule has 3 atom stereocenters. The summed E-state index contributed by atoms with van der Waals surface area (Å²) in [5.74, 6) is -0.766. The van der Waals surface area contributed by atoms with Crippen LogP contribution in [0, 0.1) is 5.92 Å². The lowest BCUT2D eigenvalue weighted by Crippen LogP contribution is -2.54. The van der Waals surface area contributed by atoms with Crippen LogP contribution in [0.5, 0.6) is 0 Å². The second-order valence-electron chi connectivity index (χ2n) is 9.43. The molecule has 0 bridgehead atoms. The van der Waals surface area contributed by atoms with Gasteiger partial charge in [0.1, 0.15) is 11.6 Å². The minimum absolute atomic E-state index is 0.124. The summed E-state index contributed by atoms with van der Waals surface area (Å²) in [4.78, 5) is 42.4. The van der Waals surface area contributed by atoms with E-state index < -0.39 is 33.7 Å². The molecule has 0 N–H and O–H groups in total. The average molecular weight is 461 g/mol. The fourth-order valence-corrected chi connectivity index (χ4v) is 5.59. The number of hydrogen-bond acceptors (Lipinski definition) is 7. The minimum atomic E-state index is -3.58. The molecule has 0 saturated carbocycles. The molecule has 0 spiro atoms. The Balaban J connectivity index is 1.62. The first kappa shape index (κ1) is 23.6. The average Bonchev–Trinajstić information content (AvgIpc) is 3.21. The highest BCUT2D eigenvalue weighted by atomic mass is 32.2. The predicted octanol–water partition coefficient (Wildman–Crippen LogP) is 0.166. The van der Waals surface area contributed by atoms with Gasteiger partial charge in [0.2, 0.25) is 10.0 Å². The van der Waals surface area contributed by atoms with Gasteiger partial charge in [-0.1, -0.05) is 0 Å². The van der Waals surface area contributed by atoms with Gasteiger partial charge in [-0.05, 0) is 33.1 Å². The van der Waals surface area contributed by atoms with Gasteiger partial charge in [-0.3, -0.25) is 4.79 Å². The van der Waals surface area contributed by atoms with Crippen molar-refractivity contribution in [3.63, 3.8) is 0 Å². The molecule has 0 aromatic heterocycles. The SMILES string of the molecule is COC(=O)[C@H]1C[C@H](CN2C[C@@H]3CN(C(=O)OC(C)(C)C)CCN3C2=O)CN1S(C)(=O)=O. The van der Waals surface area contributed by atoms with Gasteiger partial charge in [0.25, 0.3) is 0 Å². The van der Waals surface area contributed by atoms with Crippen molar-refractivity contribution in [1.82, 2.24) is 19.0 Å². The van der Waals surface area contributed by atoms with Gasteiger partial charge in [0.05, 0.1) is 19.4 Å². The zero-order valence-electron chi connectivity index (χ0n) is 18.7. The monoisotopic (exact) mass is 460 g/mol. The van der Waals surface area contributed by atoms with Crippen LogP contribution in [0.1, 0.15) is 27.2 Å². The molecule has 0 unspecified atom stereocenters. The van der Waals surface area contributed by atoms with E-state index in [-0.39, 0.29) is 24.5 Å². The van der Waals surface area contributed by atoms with Crippen LogP contribution >= 0.6 is 0 Å². The van der Waals surface area contributed by atoms with Gasteiger partial charge in [-0.25, -0.2) is 18.0 Å². The zero-order valence-corrected chi connectivity index (χ0v) is 19.6. The molecule has 0 radical (unpaired) electrons. The number of piperazine rings is 1. The Morgan fingerprint density at radius 3 is 2.39 bits per heavy atom. The number of nitrogens with zero attached hydrogens (tertiary/aromatic N) is 4. The van der Waals surface area contributed by atoms with E-state index in [9.17, 15) is 22.8 Å². The van der Waals surface area contributed by atoms with Crippen molar-refractivity contribution in [1.29, 1.82) is 0 Å². The lowest BCUT2D eigenvalue weighted by atomic mass is 10.1. The highest BCUT2D eigenvalue weighted by Gasteiger charge is 2.46. The van der Waals surface area contributed by atoms with Crippen molar-refractivity contribution >= 4 is 28.1 Å². The Kier molecular flexibility index (Phi) is 6.43. The summed E-state index contributed by atoms with van der Waals surface area (Å²) in [5.41, 5.74) is -0.587. The lowest BCUT2D eigenvalue weighted by molar-refractivity contribution is -0.144. The molecule has 3 fully saturated rings. The number of carbonyl (C=O) groups is 3. The van der Waals surface area contributed by atoms with E-state index in [2.05, 4.69) is 0 Å². The van der Waals surface area contributed by atoms with E-state index in [0.29, 0.717) is 39.1 Å². The molecular formula is C19H32N4O7S. The third kappa shape index (κ3) is 5.22. The summed E-state index contributed by atoms with van der Waals surface area (Å²) in [5, 5.41) is 0. The number of urea groups is 1. The Morgan fingerprint density at radius 2 is 1.81 bits per heavy atom. The van der Waals surface area contributed by atoms with Gasteiger partial charge < -0.3 is 24.2 Å². The van der Waals surface area contributed by atoms with Crippen LogP contribution in [0.2, 0.25) is 0 Å². The van der Waals surface area contributed by atoms with Crippen LogP contribution in [0.4, 0.5) is 9.59 Å². The molecule has 31 heavy (non-hydrogen) atoms. The molecule has 3 rings (SSSR count). The topological polar surface area (TPSA) is 117 Å². The van der Waals surface area contributed by atoms with Crippen LogP contribution in [0.3, 0.4) is 0 Å². The number of amides is 3. The second kappa shape index (κ2) is 8.45. The maximum Gasteiger partial charge on any atom is 0.410 e. The number of fused-ring (bicyclic) bond motifs is 1. The molecule has 176 valence electrons. The number of ether oxygens (including phenoxy) is 2. The molecule has 3 aliphatic rings. The van der Waals surface area contributed by atoms with E-state index >= 15 is 0 Å². The maximum absolute atomic E-state index is 12.9. The molecule has 3 aliphatic heterocycles. The summed E-state index contributed by atoms with van der Waals surface area (Å²) < 4.78 is 35.5.